The lowest BCUT2D eigenvalue weighted by molar-refractivity contribution is 0.0909. The van der Waals surface area contributed by atoms with Crippen LogP contribution in [0.3, 0.4) is 0 Å². The van der Waals surface area contributed by atoms with Gasteiger partial charge in [0.1, 0.15) is 0 Å². The molecule has 2 aromatic carbocycles. The van der Waals surface area contributed by atoms with Crippen LogP contribution in [-0.4, -0.2) is 43.2 Å². The number of amides is 1. The van der Waals surface area contributed by atoms with Crippen LogP contribution in [0.2, 0.25) is 5.02 Å². The van der Waals surface area contributed by atoms with Gasteiger partial charge in [-0.3, -0.25) is 9.69 Å². The van der Waals surface area contributed by atoms with E-state index in [4.69, 9.17) is 21.1 Å². The molecule has 0 saturated carbocycles. The summed E-state index contributed by atoms with van der Waals surface area (Å²) in [5, 5.41) is 3.76. The van der Waals surface area contributed by atoms with Crippen molar-refractivity contribution < 1.29 is 14.3 Å². The number of nitrogens with one attached hydrogen (secondary N) is 1. The minimum atomic E-state index is 0.00809. The summed E-state index contributed by atoms with van der Waals surface area (Å²) in [5.74, 6) is 1.41. The zero-order valence-corrected chi connectivity index (χ0v) is 16.6. The molecule has 0 bridgehead atoms. The van der Waals surface area contributed by atoms with E-state index in [1.807, 2.05) is 42.5 Å². The molecular formula is C22H25ClN2O3. The molecular weight excluding hydrogens is 376 g/mol. The number of ether oxygens (including phenoxy) is 2. The molecule has 2 aliphatic rings. The lowest BCUT2D eigenvalue weighted by Gasteiger charge is -2.32. The van der Waals surface area contributed by atoms with Crippen LogP contribution in [0.15, 0.2) is 42.5 Å². The molecule has 6 heteroatoms. The number of carbonyl (C=O) groups is 1. The fourth-order valence-electron chi connectivity index (χ4n) is 3.73. The van der Waals surface area contributed by atoms with Crippen LogP contribution in [0.1, 0.15) is 35.2 Å². The number of benzene rings is 2. The van der Waals surface area contributed by atoms with Crippen molar-refractivity contribution in [1.29, 1.82) is 0 Å². The van der Waals surface area contributed by atoms with Crippen LogP contribution < -0.4 is 14.8 Å². The third kappa shape index (κ3) is 4.59. The molecule has 1 N–H and O–H groups in total. The third-order valence-corrected chi connectivity index (χ3v) is 5.51. The van der Waals surface area contributed by atoms with E-state index in [0.29, 0.717) is 29.5 Å². The second kappa shape index (κ2) is 8.84. The molecule has 0 atom stereocenters. The standard InChI is InChI=1S/C22H25ClN2O3/c23-19-13-16(14-20-21(19)28-12-4-11-27-20)15-25-9-7-18(8-10-25)24-22(26)17-5-2-1-3-6-17/h1-3,5-6,13-14,18H,4,7-12,15H2,(H,24,26). The van der Waals surface area contributed by atoms with Crippen molar-refractivity contribution in [3.63, 3.8) is 0 Å². The Morgan fingerprint density at radius 3 is 2.64 bits per heavy atom. The normalized spacial score (nSPS) is 17.8. The topological polar surface area (TPSA) is 50.8 Å². The SMILES string of the molecule is O=C(NC1CCN(Cc2cc(Cl)c3c(c2)OCCCO3)CC1)c1ccccc1. The molecule has 2 heterocycles. The first-order chi connectivity index (χ1) is 13.7. The Morgan fingerprint density at radius 1 is 1.11 bits per heavy atom. The molecule has 2 aromatic rings. The van der Waals surface area contributed by atoms with Gasteiger partial charge in [0.25, 0.3) is 5.91 Å². The van der Waals surface area contributed by atoms with E-state index in [1.54, 1.807) is 0 Å². The summed E-state index contributed by atoms with van der Waals surface area (Å²) < 4.78 is 11.5. The van der Waals surface area contributed by atoms with Gasteiger partial charge in [-0.1, -0.05) is 29.8 Å². The minimum absolute atomic E-state index is 0.00809. The van der Waals surface area contributed by atoms with Crippen molar-refractivity contribution in [2.45, 2.75) is 31.8 Å². The lowest BCUT2D eigenvalue weighted by Crippen LogP contribution is -2.44. The number of carbonyl (C=O) groups excluding carboxylic acids is 1. The molecule has 1 amide bonds. The van der Waals surface area contributed by atoms with Gasteiger partial charge in [-0.25, -0.2) is 0 Å². The zero-order chi connectivity index (χ0) is 19.3. The first-order valence-electron chi connectivity index (χ1n) is 9.85. The van der Waals surface area contributed by atoms with Crippen molar-refractivity contribution in [3.05, 3.63) is 58.6 Å². The fraction of sp³-hybridized carbons (Fsp3) is 0.409. The number of nitrogens with zero attached hydrogens (tertiary/aromatic N) is 1. The number of hydrogen-bond acceptors (Lipinski definition) is 4. The highest BCUT2D eigenvalue weighted by Gasteiger charge is 2.22. The van der Waals surface area contributed by atoms with Crippen LogP contribution >= 0.6 is 11.6 Å². The summed E-state index contributed by atoms with van der Waals surface area (Å²) in [7, 11) is 0. The maximum absolute atomic E-state index is 12.3. The number of halogens is 1. The lowest BCUT2D eigenvalue weighted by atomic mass is 10.0. The molecule has 28 heavy (non-hydrogen) atoms. The van der Waals surface area contributed by atoms with Crippen molar-refractivity contribution in [3.8, 4) is 11.5 Å². The maximum Gasteiger partial charge on any atom is 0.251 e. The number of fused-ring (bicyclic) bond motifs is 1. The van der Waals surface area contributed by atoms with E-state index in [9.17, 15) is 4.79 Å². The molecule has 0 unspecified atom stereocenters. The van der Waals surface area contributed by atoms with E-state index >= 15 is 0 Å². The van der Waals surface area contributed by atoms with E-state index in [1.165, 1.54) is 0 Å². The predicted molar refractivity (Wildman–Crippen MR) is 109 cm³/mol. The molecule has 0 spiro atoms. The van der Waals surface area contributed by atoms with Gasteiger partial charge >= 0.3 is 0 Å². The van der Waals surface area contributed by atoms with Gasteiger partial charge in [0.2, 0.25) is 0 Å². The molecule has 0 aromatic heterocycles. The summed E-state index contributed by atoms with van der Waals surface area (Å²) in [6.45, 7) is 3.97. The second-order valence-corrected chi connectivity index (χ2v) is 7.75. The van der Waals surface area contributed by atoms with Crippen molar-refractivity contribution in [1.82, 2.24) is 10.2 Å². The highest BCUT2D eigenvalue weighted by molar-refractivity contribution is 6.32. The number of piperidine rings is 1. The summed E-state index contributed by atoms with van der Waals surface area (Å²) in [6.07, 6.45) is 2.75. The molecule has 0 radical (unpaired) electrons. The van der Waals surface area contributed by atoms with Crippen molar-refractivity contribution >= 4 is 17.5 Å². The monoisotopic (exact) mass is 400 g/mol. The van der Waals surface area contributed by atoms with Gasteiger partial charge in [0, 0.05) is 37.7 Å². The van der Waals surface area contributed by atoms with Crippen LogP contribution in [0, 0.1) is 0 Å². The Hall–Kier alpha value is -2.24. The molecule has 5 nitrogen and oxygen atoms in total. The quantitative estimate of drug-likeness (QED) is 0.845. The predicted octanol–water partition coefficient (Wildman–Crippen LogP) is 3.90. The number of hydrogen-bond donors (Lipinski definition) is 1. The molecule has 2 aliphatic heterocycles. The van der Waals surface area contributed by atoms with E-state index in [2.05, 4.69) is 10.2 Å². The first-order valence-corrected chi connectivity index (χ1v) is 10.2. The zero-order valence-electron chi connectivity index (χ0n) is 15.8. The van der Waals surface area contributed by atoms with Crippen LogP contribution in [-0.2, 0) is 6.54 Å². The summed E-state index contributed by atoms with van der Waals surface area (Å²) >= 11 is 6.41. The highest BCUT2D eigenvalue weighted by atomic mass is 35.5. The molecule has 1 saturated heterocycles. The van der Waals surface area contributed by atoms with Crippen LogP contribution in [0.25, 0.3) is 0 Å². The van der Waals surface area contributed by atoms with E-state index < -0.39 is 0 Å². The molecule has 0 aliphatic carbocycles. The Morgan fingerprint density at radius 2 is 1.86 bits per heavy atom. The highest BCUT2D eigenvalue weighted by Crippen LogP contribution is 2.38. The summed E-state index contributed by atoms with van der Waals surface area (Å²) in [5.41, 5.74) is 1.84. The van der Waals surface area contributed by atoms with Gasteiger partial charge in [0.15, 0.2) is 11.5 Å². The maximum atomic E-state index is 12.3. The Balaban J connectivity index is 1.32. The van der Waals surface area contributed by atoms with Gasteiger partial charge in [0.05, 0.1) is 18.2 Å². The Kier molecular flexibility index (Phi) is 6.03. The van der Waals surface area contributed by atoms with Crippen molar-refractivity contribution in [2.24, 2.45) is 0 Å². The molecule has 1 fully saturated rings. The fourth-order valence-corrected chi connectivity index (χ4v) is 4.02. The van der Waals surface area contributed by atoms with Gasteiger partial charge in [-0.2, -0.15) is 0 Å². The molecule has 148 valence electrons. The summed E-state index contributed by atoms with van der Waals surface area (Å²) in [4.78, 5) is 14.7. The number of likely N-dealkylation sites (tertiary alicyclic amines) is 1. The number of rotatable bonds is 4. The minimum Gasteiger partial charge on any atom is -0.489 e. The van der Waals surface area contributed by atoms with Gasteiger partial charge in [-0.05, 0) is 42.7 Å². The van der Waals surface area contributed by atoms with Crippen LogP contribution in [0.4, 0.5) is 0 Å². The average molecular weight is 401 g/mol. The largest absolute Gasteiger partial charge is 0.489 e. The average Bonchev–Trinajstić information content (AvgIpc) is 2.96. The Bertz CT molecular complexity index is 820. The molecule has 4 rings (SSSR count). The van der Waals surface area contributed by atoms with E-state index in [-0.39, 0.29) is 11.9 Å². The Labute approximate surface area is 170 Å². The second-order valence-electron chi connectivity index (χ2n) is 7.35. The van der Waals surface area contributed by atoms with E-state index in [0.717, 1.165) is 50.2 Å². The smallest absolute Gasteiger partial charge is 0.251 e. The van der Waals surface area contributed by atoms with Gasteiger partial charge in [-0.15, -0.1) is 0 Å². The van der Waals surface area contributed by atoms with Crippen molar-refractivity contribution in [2.75, 3.05) is 26.3 Å². The third-order valence-electron chi connectivity index (χ3n) is 5.23. The first kappa shape index (κ1) is 19.1. The van der Waals surface area contributed by atoms with Crippen LogP contribution in [0.5, 0.6) is 11.5 Å². The van der Waals surface area contributed by atoms with Gasteiger partial charge < -0.3 is 14.8 Å². The summed E-state index contributed by atoms with van der Waals surface area (Å²) in [6, 6.07) is 13.6.